The molecule has 1 aliphatic carbocycles. The van der Waals surface area contributed by atoms with Gasteiger partial charge in [-0.3, -0.25) is 9.59 Å². The maximum Gasteiger partial charge on any atom is 0.255 e. The highest BCUT2D eigenvalue weighted by Gasteiger charge is 2.34. The van der Waals surface area contributed by atoms with Crippen LogP contribution in [0, 0.1) is 6.92 Å². The predicted molar refractivity (Wildman–Crippen MR) is 132 cm³/mol. The fourth-order valence-electron chi connectivity index (χ4n) is 4.56. The molecule has 35 heavy (non-hydrogen) atoms. The van der Waals surface area contributed by atoms with Crippen LogP contribution in [-0.2, 0) is 11.3 Å². The van der Waals surface area contributed by atoms with E-state index >= 15 is 0 Å². The first kappa shape index (κ1) is 24.4. The van der Waals surface area contributed by atoms with Gasteiger partial charge in [0.05, 0.1) is 27.0 Å². The van der Waals surface area contributed by atoms with Crippen LogP contribution in [0.5, 0.6) is 11.5 Å². The molecule has 0 bridgehead atoms. The summed E-state index contributed by atoms with van der Waals surface area (Å²) in [5, 5.41) is 3.19. The summed E-state index contributed by atoms with van der Waals surface area (Å²) in [6, 6.07) is 15.6. The van der Waals surface area contributed by atoms with Crippen molar-refractivity contribution in [2.24, 2.45) is 0 Å². The highest BCUT2D eigenvalue weighted by atomic mass is 16.5. The summed E-state index contributed by atoms with van der Waals surface area (Å²) in [7, 11) is 3.07. The Bertz CT molecular complexity index is 1130. The van der Waals surface area contributed by atoms with Gasteiger partial charge in [0, 0.05) is 11.6 Å². The minimum atomic E-state index is -0.832. The van der Waals surface area contributed by atoms with E-state index in [1.807, 2.05) is 31.2 Å². The van der Waals surface area contributed by atoms with Gasteiger partial charge in [-0.2, -0.15) is 0 Å². The zero-order valence-corrected chi connectivity index (χ0v) is 20.5. The molecule has 2 aromatic carbocycles. The Labute approximate surface area is 206 Å². The summed E-state index contributed by atoms with van der Waals surface area (Å²) >= 11 is 0. The number of amides is 2. The second kappa shape index (κ2) is 11.1. The predicted octanol–water partition coefficient (Wildman–Crippen LogP) is 5.05. The lowest BCUT2D eigenvalue weighted by Crippen LogP contribution is -2.45. The molecular formula is C28H32N2O5. The number of hydrogen-bond acceptors (Lipinski definition) is 5. The van der Waals surface area contributed by atoms with Crippen LogP contribution >= 0.6 is 0 Å². The van der Waals surface area contributed by atoms with Crippen molar-refractivity contribution >= 4 is 11.8 Å². The van der Waals surface area contributed by atoms with Crippen LogP contribution in [-0.4, -0.2) is 37.0 Å². The minimum absolute atomic E-state index is 0.122. The third-order valence-electron chi connectivity index (χ3n) is 6.45. The number of benzene rings is 2. The average Bonchev–Trinajstić information content (AvgIpc) is 3.58. The van der Waals surface area contributed by atoms with Crippen LogP contribution in [0.1, 0.15) is 59.0 Å². The van der Waals surface area contributed by atoms with Crippen LogP contribution in [0.15, 0.2) is 65.3 Å². The highest BCUT2D eigenvalue weighted by molar-refractivity contribution is 5.98. The maximum atomic E-state index is 14.0. The van der Waals surface area contributed by atoms with Crippen molar-refractivity contribution in [3.05, 3.63) is 83.3 Å². The number of carbonyl (C=O) groups excluding carboxylic acids is 2. The van der Waals surface area contributed by atoms with Gasteiger partial charge in [-0.1, -0.05) is 42.7 Å². The fraction of sp³-hybridized carbons (Fsp3) is 0.357. The largest absolute Gasteiger partial charge is 0.493 e. The first-order valence-corrected chi connectivity index (χ1v) is 11.9. The molecule has 0 spiro atoms. The summed E-state index contributed by atoms with van der Waals surface area (Å²) in [6.45, 7) is 2.13. The molecule has 0 saturated heterocycles. The van der Waals surface area contributed by atoms with Gasteiger partial charge in [0.1, 0.15) is 11.8 Å². The molecule has 1 aliphatic rings. The lowest BCUT2D eigenvalue weighted by molar-refractivity contribution is -0.126. The molecule has 1 aromatic heterocycles. The van der Waals surface area contributed by atoms with Gasteiger partial charge in [0.2, 0.25) is 5.91 Å². The van der Waals surface area contributed by atoms with Crippen LogP contribution in [0.2, 0.25) is 0 Å². The summed E-state index contributed by atoms with van der Waals surface area (Å²) in [5.74, 6) is 1.05. The third kappa shape index (κ3) is 5.67. The molecule has 7 nitrogen and oxygen atoms in total. The first-order chi connectivity index (χ1) is 17.0. The van der Waals surface area contributed by atoms with Crippen LogP contribution in [0.4, 0.5) is 0 Å². The quantitative estimate of drug-likeness (QED) is 0.468. The van der Waals surface area contributed by atoms with E-state index in [1.165, 1.54) is 7.11 Å². The number of carbonyl (C=O) groups is 2. The SMILES string of the molecule is COc1ccc(C(=O)N(Cc2ccco2)[C@H](C(=O)NC2CCCC2)c2ccc(C)cc2)cc1OC. The van der Waals surface area contributed by atoms with E-state index in [0.717, 1.165) is 36.8 Å². The third-order valence-corrected chi connectivity index (χ3v) is 6.45. The van der Waals surface area contributed by atoms with E-state index in [0.29, 0.717) is 22.8 Å². The summed E-state index contributed by atoms with van der Waals surface area (Å²) in [6.07, 6.45) is 5.66. The van der Waals surface area contributed by atoms with Gasteiger partial charge >= 0.3 is 0 Å². The van der Waals surface area contributed by atoms with E-state index in [1.54, 1.807) is 48.6 Å². The molecule has 3 aromatic rings. The fourth-order valence-corrected chi connectivity index (χ4v) is 4.56. The van der Waals surface area contributed by atoms with E-state index in [9.17, 15) is 9.59 Å². The monoisotopic (exact) mass is 476 g/mol. The molecule has 0 unspecified atom stereocenters. The molecule has 1 N–H and O–H groups in total. The first-order valence-electron chi connectivity index (χ1n) is 11.9. The second-order valence-corrected chi connectivity index (χ2v) is 8.89. The van der Waals surface area contributed by atoms with Crippen molar-refractivity contribution in [2.45, 2.75) is 51.2 Å². The number of rotatable bonds is 9. The smallest absolute Gasteiger partial charge is 0.255 e. The molecule has 2 amide bonds. The number of aryl methyl sites for hydroxylation is 1. The zero-order chi connectivity index (χ0) is 24.8. The van der Waals surface area contributed by atoms with Gasteiger partial charge in [-0.15, -0.1) is 0 Å². The molecule has 0 aliphatic heterocycles. The topological polar surface area (TPSA) is 81.0 Å². The lowest BCUT2D eigenvalue weighted by Gasteiger charge is -2.32. The second-order valence-electron chi connectivity index (χ2n) is 8.89. The van der Waals surface area contributed by atoms with E-state index < -0.39 is 6.04 Å². The molecule has 4 rings (SSSR count). The number of nitrogens with zero attached hydrogens (tertiary/aromatic N) is 1. The van der Waals surface area contributed by atoms with Crippen molar-refractivity contribution in [1.82, 2.24) is 10.2 Å². The van der Waals surface area contributed by atoms with E-state index in [-0.39, 0.29) is 24.4 Å². The summed E-state index contributed by atoms with van der Waals surface area (Å²) < 4.78 is 16.3. The molecule has 1 atom stereocenters. The number of nitrogens with one attached hydrogen (secondary N) is 1. The van der Waals surface area contributed by atoms with Crippen LogP contribution in [0.25, 0.3) is 0 Å². The number of hydrogen-bond donors (Lipinski definition) is 1. The van der Waals surface area contributed by atoms with Crippen molar-refractivity contribution in [2.75, 3.05) is 14.2 Å². The lowest BCUT2D eigenvalue weighted by atomic mass is 10.0. The average molecular weight is 477 g/mol. The normalized spacial score (nSPS) is 14.4. The maximum absolute atomic E-state index is 14.0. The van der Waals surface area contributed by atoms with Gasteiger partial charge < -0.3 is 24.1 Å². The summed E-state index contributed by atoms with van der Waals surface area (Å²) in [5.41, 5.74) is 2.21. The Hall–Kier alpha value is -3.74. The van der Waals surface area contributed by atoms with Crippen molar-refractivity contribution in [1.29, 1.82) is 0 Å². The van der Waals surface area contributed by atoms with Gasteiger partial charge in [0.25, 0.3) is 5.91 Å². The van der Waals surface area contributed by atoms with Crippen molar-refractivity contribution in [3.8, 4) is 11.5 Å². The Morgan fingerprint density at radius 3 is 2.37 bits per heavy atom. The Morgan fingerprint density at radius 1 is 1.03 bits per heavy atom. The van der Waals surface area contributed by atoms with E-state index in [4.69, 9.17) is 13.9 Å². The standard InChI is InChI=1S/C28H32N2O5/c1-19-10-12-20(13-11-19)26(27(31)29-22-7-4-5-8-22)30(18-23-9-6-16-35-23)28(32)21-14-15-24(33-2)25(17-21)34-3/h6,9-17,22,26H,4-5,7-8,18H2,1-3H3,(H,29,31)/t26-/m0/s1. The van der Waals surface area contributed by atoms with Gasteiger partial charge in [0.15, 0.2) is 11.5 Å². The Morgan fingerprint density at radius 2 is 1.74 bits per heavy atom. The van der Waals surface area contributed by atoms with Gasteiger partial charge in [-0.05, 0) is 55.7 Å². The van der Waals surface area contributed by atoms with Crippen molar-refractivity contribution < 1.29 is 23.5 Å². The number of methoxy groups -OCH3 is 2. The molecule has 7 heteroatoms. The number of ether oxygens (including phenoxy) is 2. The molecule has 1 saturated carbocycles. The van der Waals surface area contributed by atoms with Crippen LogP contribution < -0.4 is 14.8 Å². The van der Waals surface area contributed by atoms with Crippen LogP contribution in [0.3, 0.4) is 0 Å². The molecule has 1 fully saturated rings. The van der Waals surface area contributed by atoms with Gasteiger partial charge in [-0.25, -0.2) is 0 Å². The Balaban J connectivity index is 1.75. The molecule has 0 radical (unpaired) electrons. The molecular weight excluding hydrogens is 444 g/mol. The minimum Gasteiger partial charge on any atom is -0.493 e. The highest BCUT2D eigenvalue weighted by Crippen LogP contribution is 2.31. The zero-order valence-electron chi connectivity index (χ0n) is 20.5. The Kier molecular flexibility index (Phi) is 7.75. The molecule has 184 valence electrons. The molecule has 1 heterocycles. The van der Waals surface area contributed by atoms with E-state index in [2.05, 4.69) is 5.32 Å². The number of furan rings is 1. The van der Waals surface area contributed by atoms with Crippen molar-refractivity contribution in [3.63, 3.8) is 0 Å². The summed E-state index contributed by atoms with van der Waals surface area (Å²) in [4.78, 5) is 29.3.